The Morgan fingerprint density at radius 2 is 1.84 bits per heavy atom. The Balaban J connectivity index is 1.68. The zero-order valence-corrected chi connectivity index (χ0v) is 12.5. The number of aromatic nitrogens is 3. The monoisotopic (exact) mass is 319 g/mol. The van der Waals surface area contributed by atoms with Crippen LogP contribution in [-0.4, -0.2) is 15.2 Å². The van der Waals surface area contributed by atoms with Gasteiger partial charge in [0.1, 0.15) is 5.82 Å². The van der Waals surface area contributed by atoms with E-state index in [-0.39, 0.29) is 0 Å². The molecular weight excluding hydrogens is 302 g/mol. The Hall–Kier alpha value is -1.16. The smallest absolute Gasteiger partial charge is 0.153 e. The molecule has 1 aliphatic carbocycles. The highest BCUT2D eigenvalue weighted by molar-refractivity contribution is 9.10. The number of hydrogen-bond donors (Lipinski definition) is 1. The molecule has 1 aromatic carbocycles. The topological polar surface area (TPSA) is 41.6 Å². The lowest BCUT2D eigenvalue weighted by atomic mass is 9.89. The van der Waals surface area contributed by atoms with Gasteiger partial charge in [-0.1, -0.05) is 47.3 Å². The zero-order chi connectivity index (χ0) is 13.1. The van der Waals surface area contributed by atoms with Crippen molar-refractivity contribution in [3.8, 4) is 0 Å². The highest BCUT2D eigenvalue weighted by Crippen LogP contribution is 2.30. The predicted octanol–water partition coefficient (Wildman–Crippen LogP) is 4.21. The molecule has 1 aliphatic rings. The summed E-state index contributed by atoms with van der Waals surface area (Å²) in [4.78, 5) is 4.67. The molecular formula is C15H18BrN3. The van der Waals surface area contributed by atoms with Crippen LogP contribution in [0.5, 0.6) is 0 Å². The van der Waals surface area contributed by atoms with E-state index in [1.54, 1.807) is 0 Å². The van der Waals surface area contributed by atoms with Gasteiger partial charge < -0.3 is 0 Å². The van der Waals surface area contributed by atoms with Gasteiger partial charge in [-0.25, -0.2) is 4.98 Å². The molecule has 1 aromatic heterocycles. The van der Waals surface area contributed by atoms with Crippen molar-refractivity contribution >= 4 is 15.9 Å². The van der Waals surface area contributed by atoms with Gasteiger partial charge in [0.2, 0.25) is 0 Å². The molecule has 0 amide bonds. The van der Waals surface area contributed by atoms with Crippen molar-refractivity contribution in [3.63, 3.8) is 0 Å². The number of halogens is 1. The summed E-state index contributed by atoms with van der Waals surface area (Å²) in [5.41, 5.74) is 1.26. The fourth-order valence-electron chi connectivity index (χ4n) is 2.73. The van der Waals surface area contributed by atoms with E-state index in [0.717, 1.165) is 22.5 Å². The van der Waals surface area contributed by atoms with Crippen LogP contribution in [0.15, 0.2) is 28.7 Å². The van der Waals surface area contributed by atoms with Crippen molar-refractivity contribution in [2.45, 2.75) is 44.4 Å². The molecule has 0 spiro atoms. The summed E-state index contributed by atoms with van der Waals surface area (Å²) in [5, 5.41) is 7.50. The molecule has 0 saturated heterocycles. The minimum Gasteiger partial charge on any atom is -0.263 e. The molecule has 0 aliphatic heterocycles. The fraction of sp³-hybridized carbons (Fsp3) is 0.467. The van der Waals surface area contributed by atoms with E-state index >= 15 is 0 Å². The van der Waals surface area contributed by atoms with Crippen molar-refractivity contribution in [1.29, 1.82) is 0 Å². The molecule has 1 saturated carbocycles. The molecule has 3 nitrogen and oxygen atoms in total. The van der Waals surface area contributed by atoms with Crippen LogP contribution in [0.1, 0.15) is 55.2 Å². The first-order valence-electron chi connectivity index (χ1n) is 6.97. The van der Waals surface area contributed by atoms with Crippen LogP contribution in [0.4, 0.5) is 0 Å². The van der Waals surface area contributed by atoms with Crippen molar-refractivity contribution in [2.75, 3.05) is 0 Å². The number of rotatable bonds is 3. The van der Waals surface area contributed by atoms with Gasteiger partial charge in [-0.05, 0) is 30.5 Å². The van der Waals surface area contributed by atoms with E-state index in [1.807, 2.05) is 0 Å². The summed E-state index contributed by atoms with van der Waals surface area (Å²) in [6.07, 6.45) is 7.33. The summed E-state index contributed by atoms with van der Waals surface area (Å²) in [7, 11) is 0. The minimum absolute atomic E-state index is 0.573. The number of H-pyrrole nitrogens is 1. The van der Waals surface area contributed by atoms with Gasteiger partial charge in [0, 0.05) is 16.8 Å². The second kappa shape index (κ2) is 5.87. The maximum absolute atomic E-state index is 4.67. The van der Waals surface area contributed by atoms with Crippen LogP contribution in [-0.2, 0) is 6.42 Å². The summed E-state index contributed by atoms with van der Waals surface area (Å²) in [5.74, 6) is 2.57. The normalized spacial score (nSPS) is 16.7. The molecule has 100 valence electrons. The molecule has 0 atom stereocenters. The Labute approximate surface area is 122 Å². The average molecular weight is 320 g/mol. The average Bonchev–Trinajstić information content (AvgIpc) is 2.91. The van der Waals surface area contributed by atoms with Gasteiger partial charge in [-0.3, -0.25) is 5.10 Å². The first kappa shape index (κ1) is 12.9. The predicted molar refractivity (Wildman–Crippen MR) is 79.2 cm³/mol. The van der Waals surface area contributed by atoms with Crippen molar-refractivity contribution in [1.82, 2.24) is 15.2 Å². The Morgan fingerprint density at radius 1 is 1.11 bits per heavy atom. The minimum atomic E-state index is 0.573. The Bertz CT molecular complexity index is 527. The summed E-state index contributed by atoms with van der Waals surface area (Å²) in [6, 6.07) is 8.36. The van der Waals surface area contributed by atoms with E-state index in [9.17, 15) is 0 Å². The third-order valence-electron chi connectivity index (χ3n) is 3.80. The molecule has 1 fully saturated rings. The number of nitrogens with one attached hydrogen (secondary N) is 1. The lowest BCUT2D eigenvalue weighted by molar-refractivity contribution is 0.429. The number of benzene rings is 1. The number of hydrogen-bond acceptors (Lipinski definition) is 2. The first-order valence-corrected chi connectivity index (χ1v) is 7.76. The standard InChI is InChI=1S/C15H18BrN3/c16-13-8-6-11(7-9-13)10-14-17-15(19-18-14)12-4-2-1-3-5-12/h6-9,12H,1-5,10H2,(H,17,18,19). The van der Waals surface area contributed by atoms with Crippen molar-refractivity contribution in [3.05, 3.63) is 46.0 Å². The second-order valence-corrected chi connectivity index (χ2v) is 6.19. The molecule has 0 radical (unpaired) electrons. The quantitative estimate of drug-likeness (QED) is 0.920. The number of nitrogens with zero attached hydrogens (tertiary/aromatic N) is 2. The number of aromatic amines is 1. The molecule has 0 bridgehead atoms. The molecule has 4 heteroatoms. The van der Waals surface area contributed by atoms with Crippen LogP contribution < -0.4 is 0 Å². The van der Waals surface area contributed by atoms with E-state index < -0.39 is 0 Å². The van der Waals surface area contributed by atoms with Crippen LogP contribution in [0.25, 0.3) is 0 Å². The third-order valence-corrected chi connectivity index (χ3v) is 4.33. The van der Waals surface area contributed by atoms with Gasteiger partial charge in [0.15, 0.2) is 5.82 Å². The van der Waals surface area contributed by atoms with Gasteiger partial charge in [0.05, 0.1) is 0 Å². The molecule has 2 aromatic rings. The van der Waals surface area contributed by atoms with Gasteiger partial charge in [-0.15, -0.1) is 0 Å². The Morgan fingerprint density at radius 3 is 2.58 bits per heavy atom. The highest BCUT2D eigenvalue weighted by Gasteiger charge is 2.19. The van der Waals surface area contributed by atoms with Crippen molar-refractivity contribution < 1.29 is 0 Å². The fourth-order valence-corrected chi connectivity index (χ4v) is 2.99. The zero-order valence-electron chi connectivity index (χ0n) is 10.9. The SMILES string of the molecule is Brc1ccc(Cc2nc(C3CCCCC3)n[nH]2)cc1. The lowest BCUT2D eigenvalue weighted by Gasteiger charge is -2.17. The van der Waals surface area contributed by atoms with E-state index in [2.05, 4.69) is 55.4 Å². The van der Waals surface area contributed by atoms with Crippen LogP contribution in [0.2, 0.25) is 0 Å². The maximum atomic E-state index is 4.67. The Kier molecular flexibility index (Phi) is 3.97. The van der Waals surface area contributed by atoms with Crippen LogP contribution in [0.3, 0.4) is 0 Å². The molecule has 1 heterocycles. The summed E-state index contributed by atoms with van der Waals surface area (Å²) in [6.45, 7) is 0. The molecule has 19 heavy (non-hydrogen) atoms. The molecule has 0 unspecified atom stereocenters. The lowest BCUT2D eigenvalue weighted by Crippen LogP contribution is -2.06. The van der Waals surface area contributed by atoms with Gasteiger partial charge in [-0.2, -0.15) is 5.10 Å². The molecule has 3 rings (SSSR count). The van der Waals surface area contributed by atoms with Crippen LogP contribution >= 0.6 is 15.9 Å². The van der Waals surface area contributed by atoms with Crippen LogP contribution in [0, 0.1) is 0 Å². The van der Waals surface area contributed by atoms with E-state index in [1.165, 1.54) is 37.7 Å². The second-order valence-electron chi connectivity index (χ2n) is 5.28. The van der Waals surface area contributed by atoms with Gasteiger partial charge in [0.25, 0.3) is 0 Å². The third kappa shape index (κ3) is 3.24. The maximum Gasteiger partial charge on any atom is 0.153 e. The largest absolute Gasteiger partial charge is 0.263 e. The summed E-state index contributed by atoms with van der Waals surface area (Å²) < 4.78 is 1.11. The van der Waals surface area contributed by atoms with E-state index in [4.69, 9.17) is 0 Å². The summed E-state index contributed by atoms with van der Waals surface area (Å²) >= 11 is 3.45. The van der Waals surface area contributed by atoms with Crippen molar-refractivity contribution in [2.24, 2.45) is 0 Å². The molecule has 1 N–H and O–H groups in total. The first-order chi connectivity index (χ1) is 9.31. The highest BCUT2D eigenvalue weighted by atomic mass is 79.9. The van der Waals surface area contributed by atoms with E-state index in [0.29, 0.717) is 5.92 Å². The van der Waals surface area contributed by atoms with Gasteiger partial charge >= 0.3 is 0 Å².